The first-order chi connectivity index (χ1) is 7.29. The van der Waals surface area contributed by atoms with E-state index in [1.807, 2.05) is 20.8 Å². The molecular formula is C12H24N2O2. The standard InChI is InChI=1S/C12H24N2O2/c1-8(2)9-6-13-7-10(9)14-11(15)16-12(3,4)5/h8-10,13H,6-7H2,1-5H3,(H,14,15)/t9-,10-/m1/s1. The van der Waals surface area contributed by atoms with E-state index < -0.39 is 5.60 Å². The highest BCUT2D eigenvalue weighted by Gasteiger charge is 2.31. The average Bonchev–Trinajstić information content (AvgIpc) is 2.47. The average molecular weight is 228 g/mol. The molecule has 4 nitrogen and oxygen atoms in total. The van der Waals surface area contributed by atoms with E-state index in [1.165, 1.54) is 0 Å². The molecule has 0 aromatic rings. The van der Waals surface area contributed by atoms with Crippen LogP contribution in [0.3, 0.4) is 0 Å². The monoisotopic (exact) mass is 228 g/mol. The maximum absolute atomic E-state index is 11.6. The molecule has 0 bridgehead atoms. The minimum atomic E-state index is -0.427. The summed E-state index contributed by atoms with van der Waals surface area (Å²) in [6.45, 7) is 11.8. The van der Waals surface area contributed by atoms with Crippen molar-refractivity contribution in [2.45, 2.75) is 46.3 Å². The number of rotatable bonds is 2. The molecule has 1 saturated heterocycles. The van der Waals surface area contributed by atoms with E-state index in [2.05, 4.69) is 24.5 Å². The van der Waals surface area contributed by atoms with Gasteiger partial charge in [0.1, 0.15) is 5.60 Å². The summed E-state index contributed by atoms with van der Waals surface area (Å²) in [5.74, 6) is 1.06. The van der Waals surface area contributed by atoms with Crippen LogP contribution in [0.15, 0.2) is 0 Å². The first-order valence-electron chi connectivity index (χ1n) is 6.00. The minimum Gasteiger partial charge on any atom is -0.444 e. The van der Waals surface area contributed by atoms with E-state index in [1.54, 1.807) is 0 Å². The molecule has 0 aromatic carbocycles. The van der Waals surface area contributed by atoms with Gasteiger partial charge in [-0.1, -0.05) is 13.8 Å². The topological polar surface area (TPSA) is 50.4 Å². The van der Waals surface area contributed by atoms with Gasteiger partial charge in [-0.15, -0.1) is 0 Å². The summed E-state index contributed by atoms with van der Waals surface area (Å²) >= 11 is 0. The van der Waals surface area contributed by atoms with E-state index >= 15 is 0 Å². The molecule has 1 fully saturated rings. The molecule has 2 N–H and O–H groups in total. The van der Waals surface area contributed by atoms with E-state index in [-0.39, 0.29) is 12.1 Å². The van der Waals surface area contributed by atoms with Crippen molar-refractivity contribution in [1.82, 2.24) is 10.6 Å². The van der Waals surface area contributed by atoms with Crippen molar-refractivity contribution >= 4 is 6.09 Å². The number of hydrogen-bond acceptors (Lipinski definition) is 3. The van der Waals surface area contributed by atoms with Crippen LogP contribution in [0.1, 0.15) is 34.6 Å². The first kappa shape index (κ1) is 13.3. The van der Waals surface area contributed by atoms with Gasteiger partial charge in [0, 0.05) is 19.1 Å². The van der Waals surface area contributed by atoms with Gasteiger partial charge in [-0.2, -0.15) is 0 Å². The molecule has 0 spiro atoms. The summed E-state index contributed by atoms with van der Waals surface area (Å²) in [4.78, 5) is 11.6. The third-order valence-corrected chi connectivity index (χ3v) is 2.82. The van der Waals surface area contributed by atoms with Crippen molar-refractivity contribution in [3.8, 4) is 0 Å². The molecule has 1 rings (SSSR count). The van der Waals surface area contributed by atoms with Crippen LogP contribution in [0.25, 0.3) is 0 Å². The molecule has 0 radical (unpaired) electrons. The quantitative estimate of drug-likeness (QED) is 0.757. The number of amides is 1. The van der Waals surface area contributed by atoms with Crippen LogP contribution >= 0.6 is 0 Å². The van der Waals surface area contributed by atoms with Crippen LogP contribution in [-0.2, 0) is 4.74 Å². The molecule has 4 heteroatoms. The number of hydrogen-bond donors (Lipinski definition) is 2. The molecular weight excluding hydrogens is 204 g/mol. The van der Waals surface area contributed by atoms with Crippen LogP contribution in [0.2, 0.25) is 0 Å². The number of nitrogens with one attached hydrogen (secondary N) is 2. The Morgan fingerprint density at radius 3 is 2.50 bits per heavy atom. The van der Waals surface area contributed by atoms with Gasteiger partial charge in [-0.05, 0) is 32.6 Å². The van der Waals surface area contributed by atoms with E-state index in [4.69, 9.17) is 4.74 Å². The lowest BCUT2D eigenvalue weighted by Gasteiger charge is -2.25. The second kappa shape index (κ2) is 5.04. The smallest absolute Gasteiger partial charge is 0.407 e. The van der Waals surface area contributed by atoms with Gasteiger partial charge in [0.25, 0.3) is 0 Å². The fourth-order valence-corrected chi connectivity index (χ4v) is 2.02. The van der Waals surface area contributed by atoms with E-state index in [9.17, 15) is 4.79 Å². The van der Waals surface area contributed by atoms with Gasteiger partial charge < -0.3 is 15.4 Å². The molecule has 0 aliphatic carbocycles. The molecule has 1 aliphatic heterocycles. The van der Waals surface area contributed by atoms with Crippen LogP contribution in [0.5, 0.6) is 0 Å². The first-order valence-corrected chi connectivity index (χ1v) is 6.00. The van der Waals surface area contributed by atoms with Crippen LogP contribution < -0.4 is 10.6 Å². The Bertz CT molecular complexity index is 246. The zero-order valence-corrected chi connectivity index (χ0v) is 11.0. The predicted octanol–water partition coefficient (Wildman–Crippen LogP) is 1.76. The highest BCUT2D eigenvalue weighted by molar-refractivity contribution is 5.68. The zero-order valence-electron chi connectivity index (χ0n) is 11.0. The molecule has 0 unspecified atom stereocenters. The Labute approximate surface area is 98.1 Å². The van der Waals surface area contributed by atoms with E-state index in [0.717, 1.165) is 13.1 Å². The van der Waals surface area contributed by atoms with Gasteiger partial charge in [0.05, 0.1) is 0 Å². The zero-order chi connectivity index (χ0) is 12.3. The molecule has 1 heterocycles. The molecule has 16 heavy (non-hydrogen) atoms. The molecule has 0 aromatic heterocycles. The second-order valence-electron chi connectivity index (χ2n) is 5.82. The molecule has 1 aliphatic rings. The van der Waals surface area contributed by atoms with Crippen molar-refractivity contribution in [1.29, 1.82) is 0 Å². The SMILES string of the molecule is CC(C)[C@H]1CNC[C@H]1NC(=O)OC(C)(C)C. The lowest BCUT2D eigenvalue weighted by molar-refractivity contribution is 0.0491. The maximum Gasteiger partial charge on any atom is 0.407 e. The molecule has 94 valence electrons. The van der Waals surface area contributed by atoms with Gasteiger partial charge >= 0.3 is 6.09 Å². The van der Waals surface area contributed by atoms with Crippen molar-refractivity contribution in [3.63, 3.8) is 0 Å². The highest BCUT2D eigenvalue weighted by atomic mass is 16.6. The number of ether oxygens (including phenoxy) is 1. The maximum atomic E-state index is 11.6. The second-order valence-corrected chi connectivity index (χ2v) is 5.82. The van der Waals surface area contributed by atoms with Crippen LogP contribution in [0, 0.1) is 11.8 Å². The third-order valence-electron chi connectivity index (χ3n) is 2.82. The van der Waals surface area contributed by atoms with Crippen LogP contribution in [-0.4, -0.2) is 30.8 Å². The van der Waals surface area contributed by atoms with Crippen molar-refractivity contribution in [3.05, 3.63) is 0 Å². The summed E-state index contributed by atoms with van der Waals surface area (Å²) in [6, 6.07) is 0.190. The fourth-order valence-electron chi connectivity index (χ4n) is 2.02. The van der Waals surface area contributed by atoms with Gasteiger partial charge in [-0.25, -0.2) is 4.79 Å². The lowest BCUT2D eigenvalue weighted by atomic mass is 9.91. The van der Waals surface area contributed by atoms with Crippen molar-refractivity contribution in [2.75, 3.05) is 13.1 Å². The summed E-state index contributed by atoms with van der Waals surface area (Å²) in [7, 11) is 0. The van der Waals surface area contributed by atoms with Gasteiger partial charge in [0.2, 0.25) is 0 Å². The summed E-state index contributed by atoms with van der Waals surface area (Å²) in [5, 5.41) is 6.24. The summed E-state index contributed by atoms with van der Waals surface area (Å²) in [5.41, 5.74) is -0.427. The Morgan fingerprint density at radius 2 is 2.00 bits per heavy atom. The number of carbonyl (C=O) groups excluding carboxylic acids is 1. The molecule has 1 amide bonds. The Balaban J connectivity index is 2.44. The van der Waals surface area contributed by atoms with Gasteiger partial charge in [-0.3, -0.25) is 0 Å². The fraction of sp³-hybridized carbons (Fsp3) is 0.917. The summed E-state index contributed by atoms with van der Waals surface area (Å²) in [6.07, 6.45) is -0.313. The predicted molar refractivity (Wildman–Crippen MR) is 64.4 cm³/mol. The van der Waals surface area contributed by atoms with E-state index in [0.29, 0.717) is 11.8 Å². The number of alkyl carbamates (subject to hydrolysis) is 1. The Kier molecular flexibility index (Phi) is 4.19. The highest BCUT2D eigenvalue weighted by Crippen LogP contribution is 2.19. The molecule has 0 saturated carbocycles. The Hall–Kier alpha value is -0.770. The van der Waals surface area contributed by atoms with Crippen molar-refractivity contribution in [2.24, 2.45) is 11.8 Å². The lowest BCUT2D eigenvalue weighted by Crippen LogP contribution is -2.44. The summed E-state index contributed by atoms with van der Waals surface area (Å²) < 4.78 is 5.25. The largest absolute Gasteiger partial charge is 0.444 e. The normalized spacial score (nSPS) is 25.9. The third kappa shape index (κ3) is 4.00. The number of carbonyl (C=O) groups is 1. The minimum absolute atomic E-state index is 0.190. The molecule has 2 atom stereocenters. The Morgan fingerprint density at radius 1 is 1.38 bits per heavy atom. The van der Waals surface area contributed by atoms with Gasteiger partial charge in [0.15, 0.2) is 0 Å². The van der Waals surface area contributed by atoms with Crippen LogP contribution in [0.4, 0.5) is 4.79 Å². The van der Waals surface area contributed by atoms with Crippen molar-refractivity contribution < 1.29 is 9.53 Å².